The minimum Gasteiger partial charge on any atom is -0.446 e. The highest BCUT2D eigenvalue weighted by Gasteiger charge is 2.17. The van der Waals surface area contributed by atoms with E-state index >= 15 is 0 Å². The third kappa shape index (κ3) is 4.68. The van der Waals surface area contributed by atoms with Crippen molar-refractivity contribution < 1.29 is 9.21 Å². The molecule has 1 amide bonds. The Morgan fingerprint density at radius 1 is 1.16 bits per heavy atom. The maximum absolute atomic E-state index is 12.2. The van der Waals surface area contributed by atoms with Gasteiger partial charge in [-0.05, 0) is 29.7 Å². The number of hydrogen-bond donors (Lipinski definition) is 2. The number of nitrogens with one attached hydrogen (secondary N) is 1. The van der Waals surface area contributed by atoms with Crippen molar-refractivity contribution in [3.8, 4) is 0 Å². The van der Waals surface area contributed by atoms with Crippen LogP contribution in [0.5, 0.6) is 0 Å². The van der Waals surface area contributed by atoms with Crippen LogP contribution in [0.1, 0.15) is 33.5 Å². The minimum absolute atomic E-state index is 0.209. The predicted octanol–water partition coefficient (Wildman–Crippen LogP) is 3.50. The first-order chi connectivity index (χ1) is 12.1. The van der Waals surface area contributed by atoms with Gasteiger partial charge >= 0.3 is 0 Å². The van der Waals surface area contributed by atoms with E-state index in [4.69, 9.17) is 21.8 Å². The second kappa shape index (κ2) is 7.96. The number of aromatic nitrogens is 1. The molecule has 1 aromatic heterocycles. The summed E-state index contributed by atoms with van der Waals surface area (Å²) in [4.78, 5) is 16.4. The fraction of sp³-hybridized carbons (Fsp3) is 0.158. The molecule has 1 heterocycles. The van der Waals surface area contributed by atoms with Crippen LogP contribution in [-0.2, 0) is 13.0 Å². The number of amides is 1. The zero-order chi connectivity index (χ0) is 17.6. The molecule has 0 saturated carbocycles. The van der Waals surface area contributed by atoms with Crippen molar-refractivity contribution in [3.05, 3.63) is 88.6 Å². The third-order valence-electron chi connectivity index (χ3n) is 3.71. The first-order valence-corrected chi connectivity index (χ1v) is 8.27. The second-order valence-electron chi connectivity index (χ2n) is 5.68. The Bertz CT molecular complexity index is 849. The molecular formula is C19H18ClN3O2. The third-order valence-corrected chi connectivity index (χ3v) is 3.95. The Balaban J connectivity index is 1.59. The van der Waals surface area contributed by atoms with E-state index in [1.807, 2.05) is 42.5 Å². The lowest BCUT2D eigenvalue weighted by atomic mass is 10.1. The van der Waals surface area contributed by atoms with Gasteiger partial charge in [0.25, 0.3) is 5.91 Å². The minimum atomic E-state index is -0.406. The van der Waals surface area contributed by atoms with Crippen LogP contribution in [0.4, 0.5) is 0 Å². The lowest BCUT2D eigenvalue weighted by molar-refractivity contribution is 0.0946. The smallest absolute Gasteiger partial charge is 0.273 e. The molecule has 5 nitrogen and oxygen atoms in total. The molecule has 0 fully saturated rings. The zero-order valence-electron chi connectivity index (χ0n) is 13.5. The molecule has 6 heteroatoms. The van der Waals surface area contributed by atoms with Crippen molar-refractivity contribution in [1.29, 1.82) is 0 Å². The monoisotopic (exact) mass is 355 g/mol. The quantitative estimate of drug-likeness (QED) is 0.709. The molecular weight excluding hydrogens is 338 g/mol. The Labute approximate surface area is 150 Å². The van der Waals surface area contributed by atoms with Crippen molar-refractivity contribution in [3.63, 3.8) is 0 Å². The van der Waals surface area contributed by atoms with Gasteiger partial charge in [-0.2, -0.15) is 0 Å². The number of hydrogen-bond acceptors (Lipinski definition) is 4. The fourth-order valence-corrected chi connectivity index (χ4v) is 2.65. The summed E-state index contributed by atoms with van der Waals surface area (Å²) in [5.74, 6) is 0.0265. The van der Waals surface area contributed by atoms with Gasteiger partial charge in [0.1, 0.15) is 6.26 Å². The summed E-state index contributed by atoms with van der Waals surface area (Å²) in [5.41, 5.74) is 8.32. The molecule has 0 aliphatic carbocycles. The van der Waals surface area contributed by atoms with Crippen molar-refractivity contribution in [2.24, 2.45) is 5.73 Å². The zero-order valence-corrected chi connectivity index (χ0v) is 14.2. The van der Waals surface area contributed by atoms with Crippen molar-refractivity contribution >= 4 is 17.5 Å². The molecule has 3 aromatic rings. The van der Waals surface area contributed by atoms with E-state index in [0.29, 0.717) is 23.9 Å². The van der Waals surface area contributed by atoms with Gasteiger partial charge in [-0.3, -0.25) is 4.79 Å². The maximum atomic E-state index is 12.2. The van der Waals surface area contributed by atoms with Crippen LogP contribution in [0.2, 0.25) is 5.02 Å². The Morgan fingerprint density at radius 2 is 1.92 bits per heavy atom. The number of halogens is 1. The lowest BCUT2D eigenvalue weighted by Gasteiger charge is -2.07. The summed E-state index contributed by atoms with van der Waals surface area (Å²) < 4.78 is 5.37. The second-order valence-corrected chi connectivity index (χ2v) is 6.12. The number of rotatable bonds is 6. The molecule has 0 saturated heterocycles. The number of oxazole rings is 1. The van der Waals surface area contributed by atoms with Gasteiger partial charge in [-0.1, -0.05) is 54.1 Å². The average molecular weight is 356 g/mol. The molecule has 3 rings (SSSR count). The summed E-state index contributed by atoms with van der Waals surface area (Å²) in [5, 5.41) is 3.41. The van der Waals surface area contributed by atoms with E-state index in [2.05, 4.69) is 10.3 Å². The molecule has 128 valence electrons. The number of benzene rings is 2. The SMILES string of the molecule is NC(Cc1ccccc1)c1nc(C(=O)NCc2cccc(Cl)c2)co1. The van der Waals surface area contributed by atoms with Crippen LogP contribution < -0.4 is 11.1 Å². The molecule has 0 bridgehead atoms. The molecule has 0 radical (unpaired) electrons. The summed E-state index contributed by atoms with van der Waals surface area (Å²) >= 11 is 5.93. The summed E-state index contributed by atoms with van der Waals surface area (Å²) in [6.45, 7) is 0.359. The van der Waals surface area contributed by atoms with Gasteiger partial charge in [0, 0.05) is 11.6 Å². The van der Waals surface area contributed by atoms with Gasteiger partial charge in [-0.15, -0.1) is 0 Å². The summed E-state index contributed by atoms with van der Waals surface area (Å²) in [6, 6.07) is 16.7. The first-order valence-electron chi connectivity index (χ1n) is 7.89. The maximum Gasteiger partial charge on any atom is 0.273 e. The Kier molecular flexibility index (Phi) is 5.48. The van der Waals surface area contributed by atoms with Crippen LogP contribution in [0.15, 0.2) is 65.3 Å². The van der Waals surface area contributed by atoms with Gasteiger partial charge in [0.15, 0.2) is 5.69 Å². The van der Waals surface area contributed by atoms with Crippen LogP contribution in [-0.4, -0.2) is 10.9 Å². The molecule has 1 atom stereocenters. The topological polar surface area (TPSA) is 81.1 Å². The fourth-order valence-electron chi connectivity index (χ4n) is 2.44. The molecule has 3 N–H and O–H groups in total. The molecule has 25 heavy (non-hydrogen) atoms. The van der Waals surface area contributed by atoms with Crippen LogP contribution in [0, 0.1) is 0 Å². The molecule has 0 aliphatic heterocycles. The molecule has 2 aromatic carbocycles. The van der Waals surface area contributed by atoms with Gasteiger partial charge in [-0.25, -0.2) is 4.98 Å². The van der Waals surface area contributed by atoms with E-state index in [0.717, 1.165) is 11.1 Å². The van der Waals surface area contributed by atoms with Crippen LogP contribution >= 0.6 is 11.6 Å². The van der Waals surface area contributed by atoms with Gasteiger partial charge in [0.2, 0.25) is 5.89 Å². The summed E-state index contributed by atoms with van der Waals surface area (Å²) in [6.07, 6.45) is 1.92. The Hall–Kier alpha value is -2.63. The van der Waals surface area contributed by atoms with E-state index in [1.54, 1.807) is 12.1 Å². The van der Waals surface area contributed by atoms with Crippen molar-refractivity contribution in [2.75, 3.05) is 0 Å². The van der Waals surface area contributed by atoms with E-state index in [-0.39, 0.29) is 11.6 Å². The normalized spacial score (nSPS) is 11.9. The van der Waals surface area contributed by atoms with E-state index < -0.39 is 6.04 Å². The number of nitrogens with two attached hydrogens (primary N) is 1. The van der Waals surface area contributed by atoms with Crippen molar-refractivity contribution in [2.45, 2.75) is 19.0 Å². The lowest BCUT2D eigenvalue weighted by Crippen LogP contribution is -2.23. The standard InChI is InChI=1S/C19H18ClN3O2/c20-15-8-4-7-14(9-15)11-22-18(24)17-12-25-19(23-17)16(21)10-13-5-2-1-3-6-13/h1-9,12,16H,10-11,21H2,(H,22,24). The Morgan fingerprint density at radius 3 is 2.68 bits per heavy atom. The average Bonchev–Trinajstić information content (AvgIpc) is 3.11. The molecule has 0 aliphatic rings. The van der Waals surface area contributed by atoms with Crippen LogP contribution in [0.25, 0.3) is 0 Å². The van der Waals surface area contributed by atoms with Gasteiger partial charge < -0.3 is 15.5 Å². The largest absolute Gasteiger partial charge is 0.446 e. The number of nitrogens with zero attached hydrogens (tertiary/aromatic N) is 1. The van der Waals surface area contributed by atoms with Gasteiger partial charge in [0.05, 0.1) is 6.04 Å². The highest BCUT2D eigenvalue weighted by atomic mass is 35.5. The summed E-state index contributed by atoms with van der Waals surface area (Å²) in [7, 11) is 0. The van der Waals surface area contributed by atoms with Crippen LogP contribution in [0.3, 0.4) is 0 Å². The predicted molar refractivity (Wildman–Crippen MR) is 96.2 cm³/mol. The van der Waals surface area contributed by atoms with E-state index in [1.165, 1.54) is 6.26 Å². The number of carbonyl (C=O) groups excluding carboxylic acids is 1. The van der Waals surface area contributed by atoms with Crippen molar-refractivity contribution in [1.82, 2.24) is 10.3 Å². The first kappa shape index (κ1) is 17.2. The highest BCUT2D eigenvalue weighted by molar-refractivity contribution is 6.30. The number of carbonyl (C=O) groups is 1. The molecule has 0 spiro atoms. The molecule has 1 unspecified atom stereocenters. The highest BCUT2D eigenvalue weighted by Crippen LogP contribution is 2.16. The van der Waals surface area contributed by atoms with E-state index in [9.17, 15) is 4.79 Å².